The summed E-state index contributed by atoms with van der Waals surface area (Å²) in [5.74, 6) is 0.709. The molecule has 28 heavy (non-hydrogen) atoms. The average Bonchev–Trinajstić information content (AvgIpc) is 2.70. The number of aryl methyl sites for hydroxylation is 2. The Hall–Kier alpha value is -2.99. The summed E-state index contributed by atoms with van der Waals surface area (Å²) in [6, 6.07) is 14.3. The van der Waals surface area contributed by atoms with Crippen molar-refractivity contribution >= 4 is 11.6 Å². The van der Waals surface area contributed by atoms with Gasteiger partial charge in [0.1, 0.15) is 0 Å². The molecule has 0 aliphatic carbocycles. The smallest absolute Gasteiger partial charge is 0.259 e. The van der Waals surface area contributed by atoms with Crippen LogP contribution in [0.2, 0.25) is 0 Å². The number of rotatable bonds is 4. The molecule has 6 nitrogen and oxygen atoms in total. The van der Waals surface area contributed by atoms with Crippen molar-refractivity contribution in [1.29, 1.82) is 0 Å². The summed E-state index contributed by atoms with van der Waals surface area (Å²) < 4.78 is 1.79. The van der Waals surface area contributed by atoms with E-state index in [1.54, 1.807) is 10.8 Å². The van der Waals surface area contributed by atoms with Crippen molar-refractivity contribution in [2.75, 3.05) is 11.6 Å². The third-order valence-electron chi connectivity index (χ3n) is 5.18. The fraction of sp³-hybridized carbons (Fsp3) is 0.318. The van der Waals surface area contributed by atoms with Crippen molar-refractivity contribution in [3.63, 3.8) is 0 Å². The third-order valence-corrected chi connectivity index (χ3v) is 5.18. The molecular weight excluding hydrogens is 350 g/mol. The molecular formula is C22H25N5O. The summed E-state index contributed by atoms with van der Waals surface area (Å²) in [4.78, 5) is 26.7. The lowest BCUT2D eigenvalue weighted by Crippen LogP contribution is -2.47. The molecule has 0 unspecified atom stereocenters. The van der Waals surface area contributed by atoms with Crippen LogP contribution in [0.4, 0.5) is 11.6 Å². The van der Waals surface area contributed by atoms with Gasteiger partial charge in [0.25, 0.3) is 5.56 Å². The molecule has 0 fully saturated rings. The van der Waals surface area contributed by atoms with Gasteiger partial charge in [0.05, 0.1) is 19.0 Å². The Balaban J connectivity index is 1.79. The summed E-state index contributed by atoms with van der Waals surface area (Å²) >= 11 is 0. The number of hydrogen-bond acceptors (Lipinski definition) is 5. The van der Waals surface area contributed by atoms with Gasteiger partial charge in [0, 0.05) is 29.7 Å². The van der Waals surface area contributed by atoms with Gasteiger partial charge in [-0.25, -0.2) is 4.98 Å². The van der Waals surface area contributed by atoms with Crippen molar-refractivity contribution in [2.45, 2.75) is 40.4 Å². The van der Waals surface area contributed by atoms with Gasteiger partial charge < -0.3 is 0 Å². The highest BCUT2D eigenvalue weighted by Gasteiger charge is 2.27. The van der Waals surface area contributed by atoms with Crippen LogP contribution in [0.1, 0.15) is 29.4 Å². The zero-order valence-electron chi connectivity index (χ0n) is 16.6. The number of hydrogen-bond donors (Lipinski definition) is 0. The molecule has 0 N–H and O–H groups in total. The number of fused-ring (bicyclic) bond motifs is 1. The summed E-state index contributed by atoms with van der Waals surface area (Å²) in [5.41, 5.74) is 4.86. The second-order valence-corrected chi connectivity index (χ2v) is 7.26. The van der Waals surface area contributed by atoms with Crippen LogP contribution in [0.15, 0.2) is 53.5 Å². The Labute approximate surface area is 165 Å². The second-order valence-electron chi connectivity index (χ2n) is 7.26. The van der Waals surface area contributed by atoms with E-state index in [4.69, 9.17) is 4.98 Å². The Morgan fingerprint density at radius 2 is 1.82 bits per heavy atom. The van der Waals surface area contributed by atoms with E-state index in [1.165, 1.54) is 5.56 Å². The van der Waals surface area contributed by atoms with Crippen LogP contribution in [0, 0.1) is 13.8 Å². The summed E-state index contributed by atoms with van der Waals surface area (Å²) in [7, 11) is 0. The first-order chi connectivity index (χ1) is 13.6. The molecule has 1 aromatic carbocycles. The molecule has 1 aliphatic heterocycles. The summed E-state index contributed by atoms with van der Waals surface area (Å²) in [6.45, 7) is 7.83. The molecule has 3 aromatic rings. The Morgan fingerprint density at radius 3 is 2.50 bits per heavy atom. The van der Waals surface area contributed by atoms with Gasteiger partial charge in [0.2, 0.25) is 5.95 Å². The minimum Gasteiger partial charge on any atom is -0.298 e. The van der Waals surface area contributed by atoms with Crippen LogP contribution < -0.4 is 10.5 Å². The second kappa shape index (κ2) is 7.56. The highest BCUT2D eigenvalue weighted by Crippen LogP contribution is 2.28. The fourth-order valence-electron chi connectivity index (χ4n) is 3.68. The third kappa shape index (κ3) is 3.43. The molecule has 0 bridgehead atoms. The number of anilines is 2. The van der Waals surface area contributed by atoms with Crippen LogP contribution >= 0.6 is 0 Å². The monoisotopic (exact) mass is 375 g/mol. The Morgan fingerprint density at radius 1 is 1.04 bits per heavy atom. The summed E-state index contributed by atoms with van der Waals surface area (Å²) in [6.07, 6.45) is 2.49. The molecule has 4 rings (SSSR count). The van der Waals surface area contributed by atoms with Crippen molar-refractivity contribution in [3.8, 4) is 0 Å². The fourth-order valence-corrected chi connectivity index (χ4v) is 3.68. The van der Waals surface area contributed by atoms with Gasteiger partial charge in [-0.15, -0.1) is 0 Å². The molecule has 0 saturated heterocycles. The maximum absolute atomic E-state index is 13.1. The highest BCUT2D eigenvalue weighted by atomic mass is 16.1. The molecule has 3 heterocycles. The molecule has 0 atom stereocenters. The Kier molecular flexibility index (Phi) is 4.96. The lowest BCUT2D eigenvalue weighted by Gasteiger charge is -2.38. The van der Waals surface area contributed by atoms with Crippen molar-refractivity contribution in [3.05, 3.63) is 81.5 Å². The molecule has 0 radical (unpaired) electrons. The highest BCUT2D eigenvalue weighted by molar-refractivity contribution is 5.58. The number of benzene rings is 1. The number of nitrogens with zero attached hydrogens (tertiary/aromatic N) is 5. The van der Waals surface area contributed by atoms with Crippen LogP contribution in [-0.2, 0) is 19.6 Å². The van der Waals surface area contributed by atoms with Crippen molar-refractivity contribution in [2.24, 2.45) is 0 Å². The van der Waals surface area contributed by atoms with Gasteiger partial charge in [-0.05, 0) is 44.5 Å². The van der Waals surface area contributed by atoms with Crippen LogP contribution in [-0.4, -0.2) is 26.1 Å². The SMILES string of the molecule is CCc1c(C)nc2n(c1=O)CN(Cc1ccccn1)CN2c1ccc(C)cc1. The first-order valence-corrected chi connectivity index (χ1v) is 9.63. The number of aromatic nitrogens is 3. The molecule has 0 saturated carbocycles. The van der Waals surface area contributed by atoms with Crippen LogP contribution in [0.25, 0.3) is 0 Å². The van der Waals surface area contributed by atoms with Crippen LogP contribution in [0.3, 0.4) is 0 Å². The van der Waals surface area contributed by atoms with Gasteiger partial charge in [-0.2, -0.15) is 0 Å². The molecule has 2 aromatic heterocycles. The Bertz CT molecular complexity index is 1030. The zero-order chi connectivity index (χ0) is 19.7. The molecule has 0 amide bonds. The van der Waals surface area contributed by atoms with E-state index in [1.807, 2.05) is 32.0 Å². The molecule has 0 spiro atoms. The van der Waals surface area contributed by atoms with Crippen LogP contribution in [0.5, 0.6) is 0 Å². The van der Waals surface area contributed by atoms with E-state index in [-0.39, 0.29) is 5.56 Å². The van der Waals surface area contributed by atoms with Gasteiger partial charge in [0.15, 0.2) is 0 Å². The van der Waals surface area contributed by atoms with E-state index in [2.05, 4.69) is 46.0 Å². The molecule has 1 aliphatic rings. The average molecular weight is 375 g/mol. The molecule has 144 valence electrons. The first kappa shape index (κ1) is 18.4. The van der Waals surface area contributed by atoms with Gasteiger partial charge in [-0.3, -0.25) is 24.1 Å². The van der Waals surface area contributed by atoms with E-state index in [9.17, 15) is 4.79 Å². The number of pyridine rings is 1. The minimum absolute atomic E-state index is 0.0489. The minimum atomic E-state index is 0.0489. The predicted octanol–water partition coefficient (Wildman–Crippen LogP) is 3.39. The van der Waals surface area contributed by atoms with E-state index in [0.29, 0.717) is 32.3 Å². The summed E-state index contributed by atoms with van der Waals surface area (Å²) in [5, 5.41) is 0. The van der Waals surface area contributed by atoms with E-state index in [0.717, 1.165) is 22.6 Å². The maximum atomic E-state index is 13.1. The maximum Gasteiger partial charge on any atom is 0.259 e. The molecule has 6 heteroatoms. The van der Waals surface area contributed by atoms with Gasteiger partial charge in [-0.1, -0.05) is 30.7 Å². The topological polar surface area (TPSA) is 54.3 Å². The quantitative estimate of drug-likeness (QED) is 0.700. The van der Waals surface area contributed by atoms with Crippen molar-refractivity contribution in [1.82, 2.24) is 19.4 Å². The van der Waals surface area contributed by atoms with E-state index >= 15 is 0 Å². The standard InChI is InChI=1S/C22H25N5O/c1-4-20-17(3)24-22-26(19-10-8-16(2)9-11-19)14-25(15-27(22)21(20)28)13-18-7-5-6-12-23-18/h5-12H,4,13-15H2,1-3H3. The first-order valence-electron chi connectivity index (χ1n) is 9.63. The normalized spacial score (nSPS) is 14.2. The lowest BCUT2D eigenvalue weighted by molar-refractivity contribution is 0.187. The predicted molar refractivity (Wildman–Crippen MR) is 111 cm³/mol. The zero-order valence-corrected chi connectivity index (χ0v) is 16.6. The largest absolute Gasteiger partial charge is 0.298 e. The van der Waals surface area contributed by atoms with Crippen molar-refractivity contribution < 1.29 is 0 Å². The van der Waals surface area contributed by atoms with Gasteiger partial charge >= 0.3 is 0 Å². The van der Waals surface area contributed by atoms with E-state index < -0.39 is 0 Å². The lowest BCUT2D eigenvalue weighted by atomic mass is 10.2.